The molecular formula is C24H37NO2. The molecule has 0 aromatic rings. The number of hydrogen-bond donors (Lipinski definition) is 0. The van der Waals surface area contributed by atoms with Crippen molar-refractivity contribution in [2.24, 2.45) is 5.41 Å². The molecule has 0 saturated carbocycles. The van der Waals surface area contributed by atoms with Crippen LogP contribution < -0.4 is 0 Å². The summed E-state index contributed by atoms with van der Waals surface area (Å²) in [7, 11) is 1.34. The summed E-state index contributed by atoms with van der Waals surface area (Å²) in [6, 6.07) is 2.25. The molecule has 0 amide bonds. The van der Waals surface area contributed by atoms with Crippen molar-refractivity contribution in [1.29, 1.82) is 5.26 Å². The Morgan fingerprint density at radius 1 is 0.889 bits per heavy atom. The van der Waals surface area contributed by atoms with Gasteiger partial charge in [0.15, 0.2) is 5.41 Å². The highest BCUT2D eigenvalue weighted by molar-refractivity contribution is 5.80. The first-order valence-electron chi connectivity index (χ1n) is 10.3. The molecule has 3 heteroatoms. The third-order valence-corrected chi connectivity index (χ3v) is 4.98. The van der Waals surface area contributed by atoms with E-state index in [9.17, 15) is 10.1 Å². The lowest BCUT2D eigenvalue weighted by molar-refractivity contribution is -0.149. The number of nitriles is 1. The van der Waals surface area contributed by atoms with E-state index in [0.717, 1.165) is 49.7 Å². The van der Waals surface area contributed by atoms with E-state index >= 15 is 0 Å². The predicted molar refractivity (Wildman–Crippen MR) is 112 cm³/mol. The van der Waals surface area contributed by atoms with Crippen LogP contribution in [0.4, 0.5) is 0 Å². The zero-order valence-electron chi connectivity index (χ0n) is 17.7. The average Bonchev–Trinajstić information content (AvgIpc) is 2.70. The highest BCUT2D eigenvalue weighted by atomic mass is 16.5. The number of allylic oxidation sites excluding steroid dienone is 2. The molecule has 0 saturated heterocycles. The third kappa shape index (κ3) is 9.48. The van der Waals surface area contributed by atoms with Gasteiger partial charge in [-0.2, -0.15) is 5.26 Å². The van der Waals surface area contributed by atoms with Crippen LogP contribution in [0.5, 0.6) is 0 Å². The summed E-state index contributed by atoms with van der Waals surface area (Å²) in [4.78, 5) is 12.6. The molecule has 150 valence electrons. The third-order valence-electron chi connectivity index (χ3n) is 4.98. The minimum Gasteiger partial charge on any atom is -0.468 e. The SMILES string of the molecule is C=C=C(CCCCCC)CC(C#N)(CC(=C=C)CCCCCC)C(=O)OC. The number of nitrogens with zero attached hydrogens (tertiary/aromatic N) is 1. The molecule has 3 nitrogen and oxygen atoms in total. The van der Waals surface area contributed by atoms with Crippen molar-refractivity contribution >= 4 is 5.97 Å². The molecule has 0 radical (unpaired) electrons. The minimum absolute atomic E-state index is 0.311. The van der Waals surface area contributed by atoms with Crippen LogP contribution in [0.25, 0.3) is 0 Å². The Hall–Kier alpha value is -2.00. The largest absolute Gasteiger partial charge is 0.468 e. The number of unbranched alkanes of at least 4 members (excludes halogenated alkanes) is 6. The Labute approximate surface area is 166 Å². The summed E-state index contributed by atoms with van der Waals surface area (Å²) in [5.41, 5.74) is 6.52. The summed E-state index contributed by atoms with van der Waals surface area (Å²) >= 11 is 0. The summed E-state index contributed by atoms with van der Waals surface area (Å²) < 4.78 is 5.00. The quantitative estimate of drug-likeness (QED) is 0.180. The molecule has 0 aromatic heterocycles. The number of rotatable bonds is 15. The van der Waals surface area contributed by atoms with Gasteiger partial charge < -0.3 is 4.74 Å². The molecule has 0 aliphatic rings. The Bertz CT molecular complexity index is 548. The smallest absolute Gasteiger partial charge is 0.326 e. The van der Waals surface area contributed by atoms with Gasteiger partial charge in [0, 0.05) is 12.8 Å². The highest BCUT2D eigenvalue weighted by Gasteiger charge is 2.41. The van der Waals surface area contributed by atoms with Crippen molar-refractivity contribution in [3.63, 3.8) is 0 Å². The maximum absolute atomic E-state index is 12.6. The van der Waals surface area contributed by atoms with Crippen LogP contribution in [0.15, 0.2) is 35.8 Å². The van der Waals surface area contributed by atoms with Crippen molar-refractivity contribution in [1.82, 2.24) is 0 Å². The van der Waals surface area contributed by atoms with E-state index in [-0.39, 0.29) is 0 Å². The maximum atomic E-state index is 12.6. The lowest BCUT2D eigenvalue weighted by Crippen LogP contribution is -2.32. The lowest BCUT2D eigenvalue weighted by atomic mass is 9.76. The van der Waals surface area contributed by atoms with Gasteiger partial charge in [0.05, 0.1) is 13.2 Å². The monoisotopic (exact) mass is 371 g/mol. The Kier molecular flexibility index (Phi) is 14.0. The van der Waals surface area contributed by atoms with Crippen LogP contribution >= 0.6 is 0 Å². The first kappa shape index (κ1) is 25.0. The van der Waals surface area contributed by atoms with Gasteiger partial charge in [0.25, 0.3) is 0 Å². The summed E-state index contributed by atoms with van der Waals surface area (Å²) in [6.07, 6.45) is 11.3. The number of hydrogen-bond acceptors (Lipinski definition) is 3. The van der Waals surface area contributed by atoms with Gasteiger partial charge in [-0.15, -0.1) is 11.5 Å². The molecule has 0 unspecified atom stereocenters. The van der Waals surface area contributed by atoms with Crippen LogP contribution in [-0.2, 0) is 9.53 Å². The summed E-state index contributed by atoms with van der Waals surface area (Å²) in [6.45, 7) is 11.9. The molecule has 0 fully saturated rings. The number of methoxy groups -OCH3 is 1. The zero-order chi connectivity index (χ0) is 20.5. The van der Waals surface area contributed by atoms with Crippen LogP contribution in [0, 0.1) is 16.7 Å². The zero-order valence-corrected chi connectivity index (χ0v) is 17.7. The molecule has 0 aromatic carbocycles. The lowest BCUT2D eigenvalue weighted by Gasteiger charge is -2.25. The first-order chi connectivity index (χ1) is 13.0. The maximum Gasteiger partial charge on any atom is 0.326 e. The minimum atomic E-state index is -1.25. The molecular weight excluding hydrogens is 334 g/mol. The first-order valence-corrected chi connectivity index (χ1v) is 10.3. The van der Waals surface area contributed by atoms with Gasteiger partial charge in [0.1, 0.15) is 0 Å². The van der Waals surface area contributed by atoms with E-state index in [2.05, 4.69) is 44.5 Å². The van der Waals surface area contributed by atoms with Crippen LogP contribution in [0.3, 0.4) is 0 Å². The number of carbonyl (C=O) groups excluding carboxylic acids is 1. The number of carbonyl (C=O) groups is 1. The van der Waals surface area contributed by atoms with E-state index in [0.29, 0.717) is 12.8 Å². The normalized spacial score (nSPS) is 12.2. The van der Waals surface area contributed by atoms with E-state index in [1.165, 1.54) is 32.8 Å². The van der Waals surface area contributed by atoms with Crippen molar-refractivity contribution in [2.45, 2.75) is 90.9 Å². The molecule has 0 heterocycles. The fourth-order valence-electron chi connectivity index (χ4n) is 3.26. The van der Waals surface area contributed by atoms with Crippen LogP contribution in [0.1, 0.15) is 90.9 Å². The van der Waals surface area contributed by atoms with E-state index in [1.54, 1.807) is 0 Å². The van der Waals surface area contributed by atoms with Crippen molar-refractivity contribution in [3.8, 4) is 6.07 Å². The van der Waals surface area contributed by atoms with Crippen molar-refractivity contribution in [2.75, 3.05) is 7.11 Å². The van der Waals surface area contributed by atoms with E-state index in [4.69, 9.17) is 4.74 Å². The van der Waals surface area contributed by atoms with E-state index in [1.807, 2.05) is 0 Å². The topological polar surface area (TPSA) is 50.1 Å². The number of ether oxygens (including phenoxy) is 1. The van der Waals surface area contributed by atoms with E-state index < -0.39 is 11.4 Å². The molecule has 0 aliphatic heterocycles. The molecule has 0 aliphatic carbocycles. The predicted octanol–water partition coefficient (Wildman–Crippen LogP) is 6.81. The number of esters is 1. The Balaban J connectivity index is 5.24. The van der Waals surface area contributed by atoms with Gasteiger partial charge in [-0.05, 0) is 36.8 Å². The van der Waals surface area contributed by atoms with Gasteiger partial charge in [-0.3, -0.25) is 4.79 Å². The van der Waals surface area contributed by atoms with Gasteiger partial charge >= 0.3 is 5.97 Å². The fraction of sp³-hybridized carbons (Fsp3) is 0.667. The van der Waals surface area contributed by atoms with Crippen LogP contribution in [0.2, 0.25) is 0 Å². The molecule has 0 atom stereocenters. The summed E-state index contributed by atoms with van der Waals surface area (Å²) in [5.74, 6) is -0.493. The second kappa shape index (κ2) is 15.1. The van der Waals surface area contributed by atoms with Gasteiger partial charge in [-0.25, -0.2) is 0 Å². The van der Waals surface area contributed by atoms with Crippen molar-refractivity contribution < 1.29 is 9.53 Å². The molecule has 0 N–H and O–H groups in total. The van der Waals surface area contributed by atoms with Gasteiger partial charge in [-0.1, -0.05) is 65.5 Å². The Morgan fingerprint density at radius 3 is 1.63 bits per heavy atom. The average molecular weight is 372 g/mol. The molecule has 0 spiro atoms. The molecule has 0 bridgehead atoms. The van der Waals surface area contributed by atoms with Crippen molar-refractivity contribution in [3.05, 3.63) is 35.8 Å². The standard InChI is InChI=1S/C24H37NO2/c1-6-10-12-14-16-21(8-3)18-24(20-25,23(26)27-5)19-22(9-4)17-15-13-11-7-2/h3-4,6-7,10-19H2,1-2,5H3. The second-order valence-corrected chi connectivity index (χ2v) is 7.22. The Morgan fingerprint density at radius 2 is 1.33 bits per heavy atom. The summed E-state index contributed by atoms with van der Waals surface area (Å²) in [5, 5.41) is 9.91. The fourth-order valence-corrected chi connectivity index (χ4v) is 3.26. The highest BCUT2D eigenvalue weighted by Crippen LogP contribution is 2.36. The van der Waals surface area contributed by atoms with Crippen LogP contribution in [-0.4, -0.2) is 13.1 Å². The van der Waals surface area contributed by atoms with Gasteiger partial charge in [0.2, 0.25) is 0 Å². The second-order valence-electron chi connectivity index (χ2n) is 7.22. The molecule has 27 heavy (non-hydrogen) atoms. The molecule has 0 rings (SSSR count).